The van der Waals surface area contributed by atoms with Gasteiger partial charge in [0.25, 0.3) is 0 Å². The lowest BCUT2D eigenvalue weighted by molar-refractivity contribution is -0.148. The first kappa shape index (κ1) is 16.0. The number of hydrogen-bond acceptors (Lipinski definition) is 4. The van der Waals surface area contributed by atoms with Gasteiger partial charge in [-0.25, -0.2) is 13.6 Å². The fourth-order valence-electron chi connectivity index (χ4n) is 2.84. The smallest absolute Gasteiger partial charge is 0.310 e. The van der Waals surface area contributed by atoms with E-state index in [0.29, 0.717) is 5.56 Å². The number of rotatable bonds is 4. The largest absolute Gasteiger partial charge is 0.461 e. The second-order valence-corrected chi connectivity index (χ2v) is 8.24. The molecule has 0 heterocycles. The first-order valence-electron chi connectivity index (χ1n) is 6.76. The number of ether oxygens (including phenoxy) is 1. The summed E-state index contributed by atoms with van der Waals surface area (Å²) in [7, 11) is -3.75. The van der Waals surface area contributed by atoms with Gasteiger partial charge in [0.15, 0.2) is 0 Å². The summed E-state index contributed by atoms with van der Waals surface area (Å²) in [5, 5.41) is 5.08. The van der Waals surface area contributed by atoms with Gasteiger partial charge in [0.1, 0.15) is 6.61 Å². The van der Waals surface area contributed by atoms with Crippen molar-refractivity contribution >= 4 is 16.0 Å². The highest BCUT2D eigenvalue weighted by molar-refractivity contribution is 7.89. The Morgan fingerprint density at radius 3 is 2.29 bits per heavy atom. The normalized spacial score (nSPS) is 20.0. The van der Waals surface area contributed by atoms with Crippen LogP contribution in [0.3, 0.4) is 0 Å². The Morgan fingerprint density at radius 1 is 1.24 bits per heavy atom. The Morgan fingerprint density at radius 2 is 1.81 bits per heavy atom. The maximum Gasteiger partial charge on any atom is 0.310 e. The van der Waals surface area contributed by atoms with E-state index in [2.05, 4.69) is 0 Å². The number of carbonyl (C=O) groups excluding carboxylic acids is 1. The minimum absolute atomic E-state index is 0.0168. The zero-order chi connectivity index (χ0) is 16.1. The fraction of sp³-hybridized carbons (Fsp3) is 0.533. The minimum Gasteiger partial charge on any atom is -0.461 e. The second kappa shape index (κ2) is 4.81. The van der Waals surface area contributed by atoms with E-state index in [4.69, 9.17) is 9.88 Å². The second-order valence-electron chi connectivity index (χ2n) is 6.68. The van der Waals surface area contributed by atoms with Crippen LogP contribution in [-0.2, 0) is 26.2 Å². The quantitative estimate of drug-likeness (QED) is 0.862. The number of benzene rings is 1. The van der Waals surface area contributed by atoms with Crippen molar-refractivity contribution in [2.24, 2.45) is 21.9 Å². The zero-order valence-electron chi connectivity index (χ0n) is 12.7. The molecule has 0 aliphatic heterocycles. The van der Waals surface area contributed by atoms with Gasteiger partial charge in [0.2, 0.25) is 10.0 Å². The third kappa shape index (κ3) is 2.82. The van der Waals surface area contributed by atoms with Crippen molar-refractivity contribution in [2.45, 2.75) is 39.2 Å². The van der Waals surface area contributed by atoms with E-state index in [1.807, 2.05) is 27.7 Å². The van der Waals surface area contributed by atoms with Crippen LogP contribution in [0.1, 0.15) is 33.3 Å². The van der Waals surface area contributed by atoms with Gasteiger partial charge in [-0.2, -0.15) is 0 Å². The fourth-order valence-corrected chi connectivity index (χ4v) is 3.42. The monoisotopic (exact) mass is 311 g/mol. The Kier molecular flexibility index (Phi) is 3.66. The molecule has 2 N–H and O–H groups in total. The Labute approximate surface area is 125 Å². The van der Waals surface area contributed by atoms with Gasteiger partial charge in [-0.1, -0.05) is 39.8 Å². The Bertz CT molecular complexity index is 663. The molecule has 0 unspecified atom stereocenters. The predicted molar refractivity (Wildman–Crippen MR) is 78.7 cm³/mol. The SMILES string of the molecule is CC1(C)C(C(=O)OCc2cccc(S(N)(=O)=O)c2)C1(C)C. The standard InChI is InChI=1S/C15H21NO4S/c1-14(2)12(15(14,3)4)13(17)20-9-10-6-5-7-11(8-10)21(16,18)19/h5-8,12H,9H2,1-4H3,(H2,16,18,19). The number of esters is 1. The van der Waals surface area contributed by atoms with Crippen molar-refractivity contribution in [1.82, 2.24) is 0 Å². The van der Waals surface area contributed by atoms with Gasteiger partial charge in [-0.3, -0.25) is 4.79 Å². The maximum atomic E-state index is 12.1. The predicted octanol–water partition coefficient (Wildman–Crippen LogP) is 2.06. The van der Waals surface area contributed by atoms with Gasteiger partial charge in [-0.05, 0) is 28.5 Å². The van der Waals surface area contributed by atoms with Crippen LogP contribution in [-0.4, -0.2) is 14.4 Å². The molecule has 1 aromatic rings. The van der Waals surface area contributed by atoms with Crippen LogP contribution in [0.5, 0.6) is 0 Å². The van der Waals surface area contributed by atoms with Crippen LogP contribution in [0.4, 0.5) is 0 Å². The summed E-state index contributed by atoms with van der Waals surface area (Å²) in [6, 6.07) is 6.11. The molecule has 21 heavy (non-hydrogen) atoms. The third-order valence-electron chi connectivity index (χ3n) is 4.86. The molecular weight excluding hydrogens is 290 g/mol. The highest BCUT2D eigenvalue weighted by atomic mass is 32.2. The van der Waals surface area contributed by atoms with E-state index in [1.54, 1.807) is 12.1 Å². The summed E-state index contributed by atoms with van der Waals surface area (Å²) >= 11 is 0. The van der Waals surface area contributed by atoms with Gasteiger partial charge >= 0.3 is 5.97 Å². The van der Waals surface area contributed by atoms with E-state index in [9.17, 15) is 13.2 Å². The summed E-state index contributed by atoms with van der Waals surface area (Å²) in [6.45, 7) is 8.22. The molecule has 1 saturated carbocycles. The molecule has 0 saturated heterocycles. The molecule has 0 spiro atoms. The van der Waals surface area contributed by atoms with Crippen molar-refractivity contribution in [2.75, 3.05) is 0 Å². The van der Waals surface area contributed by atoms with E-state index < -0.39 is 10.0 Å². The van der Waals surface area contributed by atoms with E-state index >= 15 is 0 Å². The molecule has 1 fully saturated rings. The molecule has 116 valence electrons. The van der Waals surface area contributed by atoms with Crippen LogP contribution in [0.2, 0.25) is 0 Å². The van der Waals surface area contributed by atoms with E-state index in [-0.39, 0.29) is 34.2 Å². The first-order valence-corrected chi connectivity index (χ1v) is 8.31. The molecule has 0 aromatic heterocycles. The van der Waals surface area contributed by atoms with Crippen LogP contribution in [0.25, 0.3) is 0 Å². The molecule has 6 heteroatoms. The first-order chi connectivity index (χ1) is 9.48. The van der Waals surface area contributed by atoms with E-state index in [1.165, 1.54) is 12.1 Å². The lowest BCUT2D eigenvalue weighted by Crippen LogP contribution is -2.13. The summed E-state index contributed by atoms with van der Waals surface area (Å²) < 4.78 is 27.9. The zero-order valence-corrected chi connectivity index (χ0v) is 13.5. The number of primary sulfonamides is 1. The Hall–Kier alpha value is -1.40. The van der Waals surface area contributed by atoms with Crippen LogP contribution < -0.4 is 5.14 Å². The number of nitrogens with two attached hydrogens (primary N) is 1. The average molecular weight is 311 g/mol. The molecular formula is C15H21NO4S. The molecule has 1 aliphatic carbocycles. The molecule has 5 nitrogen and oxygen atoms in total. The maximum absolute atomic E-state index is 12.1. The third-order valence-corrected chi connectivity index (χ3v) is 5.78. The van der Waals surface area contributed by atoms with Crippen LogP contribution in [0, 0.1) is 16.7 Å². The molecule has 0 radical (unpaired) electrons. The summed E-state index contributed by atoms with van der Waals surface area (Å²) in [5.74, 6) is -0.377. The Balaban J connectivity index is 2.04. The number of hydrogen-bond donors (Lipinski definition) is 1. The van der Waals surface area contributed by atoms with Crippen LogP contribution in [0.15, 0.2) is 29.2 Å². The average Bonchev–Trinajstić information content (AvgIpc) is 2.76. The number of sulfonamides is 1. The molecule has 2 rings (SSSR count). The van der Waals surface area contributed by atoms with Gasteiger partial charge in [-0.15, -0.1) is 0 Å². The highest BCUT2D eigenvalue weighted by Crippen LogP contribution is 2.68. The van der Waals surface area contributed by atoms with Gasteiger partial charge < -0.3 is 4.74 Å². The molecule has 0 atom stereocenters. The molecule has 1 aliphatic rings. The van der Waals surface area contributed by atoms with Crippen molar-refractivity contribution in [3.05, 3.63) is 29.8 Å². The highest BCUT2D eigenvalue weighted by Gasteiger charge is 2.69. The minimum atomic E-state index is -3.75. The summed E-state index contributed by atoms with van der Waals surface area (Å²) in [5.41, 5.74) is 0.449. The van der Waals surface area contributed by atoms with Crippen molar-refractivity contribution in [3.63, 3.8) is 0 Å². The lowest BCUT2D eigenvalue weighted by Gasteiger charge is -2.07. The van der Waals surface area contributed by atoms with Gasteiger partial charge in [0.05, 0.1) is 10.8 Å². The molecule has 0 amide bonds. The molecule has 1 aromatic carbocycles. The molecule has 0 bridgehead atoms. The van der Waals surface area contributed by atoms with Gasteiger partial charge in [0, 0.05) is 0 Å². The van der Waals surface area contributed by atoms with Crippen molar-refractivity contribution in [1.29, 1.82) is 0 Å². The van der Waals surface area contributed by atoms with Crippen molar-refractivity contribution < 1.29 is 17.9 Å². The topological polar surface area (TPSA) is 86.5 Å². The van der Waals surface area contributed by atoms with Crippen LogP contribution >= 0.6 is 0 Å². The van der Waals surface area contributed by atoms with Crippen molar-refractivity contribution in [3.8, 4) is 0 Å². The van der Waals surface area contributed by atoms with E-state index in [0.717, 1.165) is 0 Å². The number of carbonyl (C=O) groups is 1. The summed E-state index contributed by atoms with van der Waals surface area (Å²) in [4.78, 5) is 12.1. The summed E-state index contributed by atoms with van der Waals surface area (Å²) in [6.07, 6.45) is 0. The lowest BCUT2D eigenvalue weighted by atomic mass is 10.0.